The second-order valence-corrected chi connectivity index (χ2v) is 5.52. The van der Waals surface area contributed by atoms with Crippen LogP contribution in [-0.2, 0) is 6.61 Å². The highest BCUT2D eigenvalue weighted by molar-refractivity contribution is 6.42. The molecule has 0 fully saturated rings. The predicted molar refractivity (Wildman–Crippen MR) is 85.3 cm³/mol. The molecule has 0 spiro atoms. The van der Waals surface area contributed by atoms with E-state index in [0.29, 0.717) is 28.0 Å². The summed E-state index contributed by atoms with van der Waals surface area (Å²) in [5.41, 5.74) is 1.59. The Morgan fingerprint density at radius 2 is 1.76 bits per heavy atom. The number of amides is 1. The molecule has 0 atom stereocenters. The second kappa shape index (κ2) is 6.83. The van der Waals surface area contributed by atoms with Gasteiger partial charge in [-0.15, -0.1) is 0 Å². The normalized spacial score (nSPS) is 10.3. The molecular weight excluding hydrogens is 309 g/mol. The van der Waals surface area contributed by atoms with Gasteiger partial charge in [0.1, 0.15) is 17.4 Å². The van der Waals surface area contributed by atoms with Crippen molar-refractivity contribution < 1.29 is 9.53 Å². The third kappa shape index (κ3) is 3.90. The van der Waals surface area contributed by atoms with Gasteiger partial charge in [0.25, 0.3) is 5.91 Å². The number of carbonyl (C=O) groups is 1. The van der Waals surface area contributed by atoms with Crippen LogP contribution in [0.3, 0.4) is 0 Å². The molecule has 0 bridgehead atoms. The SMILES string of the molecule is CN(C)C(=O)c1ccc(COc2cccc(Cl)c2Cl)cc1. The molecule has 5 heteroatoms. The van der Waals surface area contributed by atoms with E-state index >= 15 is 0 Å². The fourth-order valence-corrected chi connectivity index (χ4v) is 2.10. The van der Waals surface area contributed by atoms with Gasteiger partial charge in [0.05, 0.1) is 5.02 Å². The lowest BCUT2D eigenvalue weighted by atomic mass is 10.1. The van der Waals surface area contributed by atoms with Gasteiger partial charge in [-0.3, -0.25) is 4.79 Å². The van der Waals surface area contributed by atoms with Crippen LogP contribution in [0.25, 0.3) is 0 Å². The monoisotopic (exact) mass is 323 g/mol. The minimum atomic E-state index is -0.0274. The molecule has 2 aromatic rings. The van der Waals surface area contributed by atoms with Crippen molar-refractivity contribution in [2.24, 2.45) is 0 Å². The molecule has 110 valence electrons. The van der Waals surface area contributed by atoms with Crippen LogP contribution in [0, 0.1) is 0 Å². The van der Waals surface area contributed by atoms with Gasteiger partial charge in [0.2, 0.25) is 0 Å². The van der Waals surface area contributed by atoms with E-state index in [4.69, 9.17) is 27.9 Å². The van der Waals surface area contributed by atoms with E-state index in [2.05, 4.69) is 0 Å². The number of halogens is 2. The average Bonchev–Trinajstić information content (AvgIpc) is 2.48. The quantitative estimate of drug-likeness (QED) is 0.840. The minimum absolute atomic E-state index is 0.0274. The summed E-state index contributed by atoms with van der Waals surface area (Å²) >= 11 is 12.0. The molecule has 0 heterocycles. The maximum atomic E-state index is 11.8. The van der Waals surface area contributed by atoms with E-state index in [-0.39, 0.29) is 5.91 Å². The van der Waals surface area contributed by atoms with Gasteiger partial charge in [0, 0.05) is 19.7 Å². The molecule has 2 aromatic carbocycles. The lowest BCUT2D eigenvalue weighted by Gasteiger charge is -2.11. The molecule has 21 heavy (non-hydrogen) atoms. The summed E-state index contributed by atoms with van der Waals surface area (Å²) in [7, 11) is 3.45. The number of hydrogen-bond acceptors (Lipinski definition) is 2. The zero-order valence-corrected chi connectivity index (χ0v) is 13.3. The molecule has 0 aliphatic rings. The van der Waals surface area contributed by atoms with Gasteiger partial charge >= 0.3 is 0 Å². The summed E-state index contributed by atoms with van der Waals surface area (Å²) in [6, 6.07) is 12.5. The topological polar surface area (TPSA) is 29.5 Å². The Labute approximate surface area is 134 Å². The van der Waals surface area contributed by atoms with Crippen molar-refractivity contribution in [3.63, 3.8) is 0 Å². The van der Waals surface area contributed by atoms with Gasteiger partial charge in [0.15, 0.2) is 0 Å². The van der Waals surface area contributed by atoms with Crippen molar-refractivity contribution in [3.8, 4) is 5.75 Å². The molecule has 3 nitrogen and oxygen atoms in total. The van der Waals surface area contributed by atoms with Crippen molar-refractivity contribution in [1.29, 1.82) is 0 Å². The molecule has 0 aromatic heterocycles. The Bertz CT molecular complexity index is 639. The largest absolute Gasteiger partial charge is 0.487 e. The molecule has 0 aliphatic heterocycles. The van der Waals surface area contributed by atoms with Crippen LogP contribution in [0.4, 0.5) is 0 Å². The highest BCUT2D eigenvalue weighted by Gasteiger charge is 2.08. The zero-order valence-electron chi connectivity index (χ0n) is 11.8. The van der Waals surface area contributed by atoms with Gasteiger partial charge in [-0.2, -0.15) is 0 Å². The fraction of sp³-hybridized carbons (Fsp3) is 0.188. The maximum Gasteiger partial charge on any atom is 0.253 e. The second-order valence-electron chi connectivity index (χ2n) is 4.74. The minimum Gasteiger partial charge on any atom is -0.487 e. The molecule has 0 saturated heterocycles. The fourth-order valence-electron chi connectivity index (χ4n) is 1.76. The summed E-state index contributed by atoms with van der Waals surface area (Å²) in [5, 5.41) is 0.861. The number of ether oxygens (including phenoxy) is 1. The lowest BCUT2D eigenvalue weighted by molar-refractivity contribution is 0.0827. The molecule has 0 aliphatic carbocycles. The molecule has 1 amide bonds. The first kappa shape index (κ1) is 15.7. The first-order valence-electron chi connectivity index (χ1n) is 6.36. The molecule has 0 saturated carbocycles. The maximum absolute atomic E-state index is 11.8. The average molecular weight is 324 g/mol. The predicted octanol–water partition coefficient (Wildman–Crippen LogP) is 4.27. The van der Waals surface area contributed by atoms with E-state index in [1.165, 1.54) is 4.90 Å². The van der Waals surface area contributed by atoms with E-state index in [1.54, 1.807) is 44.4 Å². The van der Waals surface area contributed by atoms with Gasteiger partial charge in [-0.1, -0.05) is 41.4 Å². The van der Waals surface area contributed by atoms with Crippen LogP contribution in [0.5, 0.6) is 5.75 Å². The van der Waals surface area contributed by atoms with Crippen molar-refractivity contribution in [1.82, 2.24) is 4.90 Å². The Balaban J connectivity index is 2.04. The number of hydrogen-bond donors (Lipinski definition) is 0. The van der Waals surface area contributed by atoms with Crippen molar-refractivity contribution in [2.75, 3.05) is 14.1 Å². The lowest BCUT2D eigenvalue weighted by Crippen LogP contribution is -2.21. The Morgan fingerprint density at radius 3 is 2.38 bits per heavy atom. The highest BCUT2D eigenvalue weighted by atomic mass is 35.5. The van der Waals surface area contributed by atoms with Crippen LogP contribution < -0.4 is 4.74 Å². The standard InChI is InChI=1S/C16H15Cl2NO2/c1-19(2)16(20)12-8-6-11(7-9-12)10-21-14-5-3-4-13(17)15(14)18/h3-9H,10H2,1-2H3. The summed E-state index contributed by atoms with van der Waals surface area (Å²) < 4.78 is 5.64. The third-order valence-electron chi connectivity index (χ3n) is 2.92. The van der Waals surface area contributed by atoms with Crippen molar-refractivity contribution >= 4 is 29.1 Å². The van der Waals surface area contributed by atoms with Gasteiger partial charge < -0.3 is 9.64 Å². The third-order valence-corrected chi connectivity index (χ3v) is 3.72. The van der Waals surface area contributed by atoms with Crippen LogP contribution in [0.1, 0.15) is 15.9 Å². The number of benzene rings is 2. The summed E-state index contributed by atoms with van der Waals surface area (Å²) in [4.78, 5) is 13.3. The highest BCUT2D eigenvalue weighted by Crippen LogP contribution is 2.31. The summed E-state index contributed by atoms with van der Waals surface area (Å²) in [6.07, 6.45) is 0. The van der Waals surface area contributed by atoms with E-state index in [1.807, 2.05) is 12.1 Å². The molecule has 0 N–H and O–H groups in total. The Hall–Kier alpha value is -1.71. The van der Waals surface area contributed by atoms with Crippen LogP contribution in [0.15, 0.2) is 42.5 Å². The van der Waals surface area contributed by atoms with Gasteiger partial charge in [-0.25, -0.2) is 0 Å². The van der Waals surface area contributed by atoms with E-state index in [0.717, 1.165) is 5.56 Å². The van der Waals surface area contributed by atoms with Crippen molar-refractivity contribution in [2.45, 2.75) is 6.61 Å². The van der Waals surface area contributed by atoms with Crippen LogP contribution >= 0.6 is 23.2 Å². The molecular formula is C16H15Cl2NO2. The van der Waals surface area contributed by atoms with Crippen molar-refractivity contribution in [3.05, 3.63) is 63.6 Å². The number of rotatable bonds is 4. The molecule has 0 radical (unpaired) electrons. The number of nitrogens with zero attached hydrogens (tertiary/aromatic N) is 1. The summed E-state index contributed by atoms with van der Waals surface area (Å²) in [5.74, 6) is 0.512. The molecule has 2 rings (SSSR count). The first-order chi connectivity index (χ1) is 9.99. The first-order valence-corrected chi connectivity index (χ1v) is 7.12. The smallest absolute Gasteiger partial charge is 0.253 e. The zero-order chi connectivity index (χ0) is 15.4. The van der Waals surface area contributed by atoms with E-state index in [9.17, 15) is 4.79 Å². The van der Waals surface area contributed by atoms with Crippen LogP contribution in [-0.4, -0.2) is 24.9 Å². The summed E-state index contributed by atoms with van der Waals surface area (Å²) in [6.45, 7) is 0.358. The van der Waals surface area contributed by atoms with Crippen LogP contribution in [0.2, 0.25) is 10.0 Å². The van der Waals surface area contributed by atoms with E-state index < -0.39 is 0 Å². The molecule has 0 unspecified atom stereocenters. The number of carbonyl (C=O) groups excluding carboxylic acids is 1. The Kier molecular flexibility index (Phi) is 5.10. The van der Waals surface area contributed by atoms with Gasteiger partial charge in [-0.05, 0) is 29.8 Å². The Morgan fingerprint density at radius 1 is 1.10 bits per heavy atom.